The summed E-state index contributed by atoms with van der Waals surface area (Å²) in [6.07, 6.45) is 0. The zero-order valence-electron chi connectivity index (χ0n) is 12.1. The van der Waals surface area contributed by atoms with Gasteiger partial charge in [0.25, 0.3) is 0 Å². The number of hydrogen-bond donors (Lipinski definition) is 0. The van der Waals surface area contributed by atoms with E-state index in [4.69, 9.17) is 11.6 Å². The van der Waals surface area contributed by atoms with E-state index in [1.165, 1.54) is 4.31 Å². The maximum absolute atomic E-state index is 13.0. The molecule has 23 heavy (non-hydrogen) atoms. The first-order chi connectivity index (χ1) is 11.1. The van der Waals surface area contributed by atoms with Crippen molar-refractivity contribution in [1.29, 1.82) is 0 Å². The van der Waals surface area contributed by atoms with Crippen LogP contribution in [0.1, 0.15) is 9.75 Å². The molecule has 0 saturated heterocycles. The van der Waals surface area contributed by atoms with E-state index in [1.54, 1.807) is 46.9 Å². The number of nitrogens with zero attached hydrogens (tertiary/aromatic N) is 1. The first-order valence-electron chi connectivity index (χ1n) is 6.86. The number of halogens is 1. The average molecular weight is 384 g/mol. The summed E-state index contributed by atoms with van der Waals surface area (Å²) < 4.78 is 27.5. The van der Waals surface area contributed by atoms with E-state index in [0.717, 1.165) is 9.75 Å². The Morgan fingerprint density at radius 3 is 1.83 bits per heavy atom. The predicted octanol–water partition coefficient (Wildman–Crippen LogP) is 4.85. The van der Waals surface area contributed by atoms with Crippen molar-refractivity contribution in [2.45, 2.75) is 18.0 Å². The molecule has 0 radical (unpaired) electrons. The molecule has 0 fully saturated rings. The van der Waals surface area contributed by atoms with Crippen LogP contribution in [0.2, 0.25) is 5.02 Å². The van der Waals surface area contributed by atoms with Gasteiger partial charge in [0, 0.05) is 27.9 Å². The van der Waals surface area contributed by atoms with Gasteiger partial charge < -0.3 is 0 Å². The molecule has 0 aliphatic heterocycles. The molecular weight excluding hydrogens is 370 g/mol. The number of thiophene rings is 2. The van der Waals surface area contributed by atoms with Crippen LogP contribution in [0.3, 0.4) is 0 Å². The third-order valence-electron chi connectivity index (χ3n) is 3.28. The van der Waals surface area contributed by atoms with Gasteiger partial charge in [-0.1, -0.05) is 23.7 Å². The molecule has 0 aliphatic carbocycles. The second-order valence-corrected chi connectivity index (χ2v) is 9.32. The molecule has 0 unspecified atom stereocenters. The molecule has 0 spiro atoms. The maximum atomic E-state index is 13.0. The number of benzene rings is 1. The van der Waals surface area contributed by atoms with Gasteiger partial charge in [0.15, 0.2) is 0 Å². The Morgan fingerprint density at radius 1 is 0.870 bits per heavy atom. The molecule has 7 heteroatoms. The van der Waals surface area contributed by atoms with Crippen molar-refractivity contribution in [2.24, 2.45) is 0 Å². The summed E-state index contributed by atoms with van der Waals surface area (Å²) >= 11 is 8.97. The van der Waals surface area contributed by atoms with Crippen molar-refractivity contribution in [1.82, 2.24) is 4.31 Å². The van der Waals surface area contributed by atoms with Gasteiger partial charge in [0.05, 0.1) is 4.90 Å². The van der Waals surface area contributed by atoms with Crippen molar-refractivity contribution in [3.05, 3.63) is 74.1 Å². The third kappa shape index (κ3) is 4.02. The van der Waals surface area contributed by atoms with E-state index < -0.39 is 10.0 Å². The Labute approximate surface area is 148 Å². The molecular formula is C16H14ClNO2S3. The molecule has 0 aliphatic rings. The van der Waals surface area contributed by atoms with Gasteiger partial charge in [0.2, 0.25) is 10.0 Å². The zero-order valence-corrected chi connectivity index (χ0v) is 15.3. The van der Waals surface area contributed by atoms with Crippen LogP contribution in [0.4, 0.5) is 0 Å². The lowest BCUT2D eigenvalue weighted by Gasteiger charge is -2.21. The first-order valence-corrected chi connectivity index (χ1v) is 10.4. The highest BCUT2D eigenvalue weighted by Crippen LogP contribution is 2.25. The number of hydrogen-bond acceptors (Lipinski definition) is 4. The minimum absolute atomic E-state index is 0.259. The highest BCUT2D eigenvalue weighted by Gasteiger charge is 2.25. The summed E-state index contributed by atoms with van der Waals surface area (Å²) in [6.45, 7) is 0.723. The molecule has 0 N–H and O–H groups in total. The van der Waals surface area contributed by atoms with Gasteiger partial charge in [0.1, 0.15) is 0 Å². The van der Waals surface area contributed by atoms with Gasteiger partial charge in [-0.05, 0) is 47.2 Å². The summed E-state index contributed by atoms with van der Waals surface area (Å²) in [5.74, 6) is 0. The van der Waals surface area contributed by atoms with Crippen molar-refractivity contribution >= 4 is 44.3 Å². The van der Waals surface area contributed by atoms with E-state index in [-0.39, 0.29) is 4.90 Å². The van der Waals surface area contributed by atoms with Crippen molar-refractivity contribution in [3.63, 3.8) is 0 Å². The minimum Gasteiger partial charge on any atom is -0.207 e. The van der Waals surface area contributed by atoms with Gasteiger partial charge in [-0.2, -0.15) is 4.31 Å². The molecule has 120 valence electrons. The Bertz CT molecular complexity index is 805. The molecule has 2 heterocycles. The van der Waals surface area contributed by atoms with E-state index >= 15 is 0 Å². The molecule has 0 saturated carbocycles. The van der Waals surface area contributed by atoms with Gasteiger partial charge >= 0.3 is 0 Å². The Kier molecular flexibility index (Phi) is 5.18. The fourth-order valence-electron chi connectivity index (χ4n) is 2.13. The van der Waals surface area contributed by atoms with Crippen LogP contribution in [-0.2, 0) is 23.1 Å². The lowest BCUT2D eigenvalue weighted by atomic mass is 10.4. The normalized spacial score (nSPS) is 11.9. The van der Waals surface area contributed by atoms with E-state index in [1.807, 2.05) is 35.0 Å². The van der Waals surface area contributed by atoms with Crippen LogP contribution in [0, 0.1) is 0 Å². The van der Waals surface area contributed by atoms with E-state index in [0.29, 0.717) is 18.1 Å². The molecule has 0 amide bonds. The van der Waals surface area contributed by atoms with Gasteiger partial charge in [-0.3, -0.25) is 0 Å². The van der Waals surface area contributed by atoms with Crippen LogP contribution >= 0.6 is 34.3 Å². The van der Waals surface area contributed by atoms with Crippen LogP contribution < -0.4 is 0 Å². The second-order valence-electron chi connectivity index (χ2n) is 4.89. The highest BCUT2D eigenvalue weighted by atomic mass is 35.5. The number of sulfonamides is 1. The largest absolute Gasteiger partial charge is 0.243 e. The SMILES string of the molecule is O=S(=O)(c1ccc(Cl)cc1)N(Cc1cccs1)Cc1cccs1. The first kappa shape index (κ1) is 16.7. The quantitative estimate of drug-likeness (QED) is 0.609. The molecule has 0 atom stereocenters. The van der Waals surface area contributed by atoms with Crippen LogP contribution in [0.5, 0.6) is 0 Å². The van der Waals surface area contributed by atoms with Crippen LogP contribution in [-0.4, -0.2) is 12.7 Å². The summed E-state index contributed by atoms with van der Waals surface area (Å²) in [6, 6.07) is 14.1. The third-order valence-corrected chi connectivity index (χ3v) is 7.06. The summed E-state index contributed by atoms with van der Waals surface area (Å²) in [5, 5.41) is 4.42. The topological polar surface area (TPSA) is 37.4 Å². The van der Waals surface area contributed by atoms with Crippen molar-refractivity contribution in [2.75, 3.05) is 0 Å². The van der Waals surface area contributed by atoms with Crippen molar-refractivity contribution in [3.8, 4) is 0 Å². The summed E-state index contributed by atoms with van der Waals surface area (Å²) in [4.78, 5) is 2.29. The highest BCUT2D eigenvalue weighted by molar-refractivity contribution is 7.89. The average Bonchev–Trinajstić information content (AvgIpc) is 3.20. The van der Waals surface area contributed by atoms with Crippen LogP contribution in [0.15, 0.2) is 64.2 Å². The van der Waals surface area contributed by atoms with E-state index in [2.05, 4.69) is 0 Å². The molecule has 0 bridgehead atoms. The van der Waals surface area contributed by atoms with Crippen LogP contribution in [0.25, 0.3) is 0 Å². The standard InChI is InChI=1S/C16H14ClNO2S3/c17-13-5-7-16(8-6-13)23(19,20)18(11-14-3-1-9-21-14)12-15-4-2-10-22-15/h1-10H,11-12H2. The molecule has 2 aromatic heterocycles. The number of rotatable bonds is 6. The Hall–Kier alpha value is -1.18. The fraction of sp³-hybridized carbons (Fsp3) is 0.125. The Morgan fingerprint density at radius 2 is 1.39 bits per heavy atom. The predicted molar refractivity (Wildman–Crippen MR) is 96.5 cm³/mol. The monoisotopic (exact) mass is 383 g/mol. The van der Waals surface area contributed by atoms with Gasteiger partial charge in [-0.15, -0.1) is 22.7 Å². The summed E-state index contributed by atoms with van der Waals surface area (Å²) in [7, 11) is -3.58. The minimum atomic E-state index is -3.58. The smallest absolute Gasteiger partial charge is 0.207 e. The van der Waals surface area contributed by atoms with E-state index in [9.17, 15) is 8.42 Å². The summed E-state index contributed by atoms with van der Waals surface area (Å²) in [5.41, 5.74) is 0. The van der Waals surface area contributed by atoms with Crippen molar-refractivity contribution < 1.29 is 8.42 Å². The Balaban J connectivity index is 1.93. The molecule has 3 aromatic rings. The maximum Gasteiger partial charge on any atom is 0.243 e. The van der Waals surface area contributed by atoms with Gasteiger partial charge in [-0.25, -0.2) is 8.42 Å². The second kappa shape index (κ2) is 7.15. The molecule has 3 nitrogen and oxygen atoms in total. The fourth-order valence-corrected chi connectivity index (χ4v) is 5.26. The zero-order chi connectivity index (χ0) is 16.3. The lowest BCUT2D eigenvalue weighted by molar-refractivity contribution is 0.407. The molecule has 3 rings (SSSR count). The lowest BCUT2D eigenvalue weighted by Crippen LogP contribution is -2.29. The molecule has 1 aromatic carbocycles.